The van der Waals surface area contributed by atoms with Crippen molar-refractivity contribution in [2.45, 2.75) is 33.4 Å². The molecule has 2 N–H and O–H groups in total. The highest BCUT2D eigenvalue weighted by atomic mass is 35.5. The zero-order valence-electron chi connectivity index (χ0n) is 20.7. The van der Waals surface area contributed by atoms with Crippen molar-refractivity contribution in [3.05, 3.63) is 69.9 Å². The number of hydrogen-bond acceptors (Lipinski definition) is 7. The zero-order valence-corrected chi connectivity index (χ0v) is 23.0. The minimum absolute atomic E-state index is 0.0567. The standard InChI is InChI=1S/C25H30Cl2N4O5S/c1-3-31(4-2)14-9-15-37(33,34)30-23-21(16-28-25(32)35-17-18-10-6-5-7-11-18)36-29-24(23)22-19(26)12-8-13-20(22)27/h5-8,10-13,30H,3-4,9,14-17H2,1-2H3,(H,28,32). The molecule has 3 aromatic rings. The summed E-state index contributed by atoms with van der Waals surface area (Å²) in [6.45, 7) is 6.26. The molecule has 12 heteroatoms. The molecule has 0 fully saturated rings. The summed E-state index contributed by atoms with van der Waals surface area (Å²) in [4.78, 5) is 14.4. The Morgan fingerprint density at radius 3 is 2.38 bits per heavy atom. The number of benzene rings is 2. The molecule has 0 aliphatic heterocycles. The molecular weight excluding hydrogens is 539 g/mol. The van der Waals surface area contributed by atoms with Crippen molar-refractivity contribution in [3.63, 3.8) is 0 Å². The topological polar surface area (TPSA) is 114 Å². The van der Waals surface area contributed by atoms with E-state index in [1.54, 1.807) is 18.2 Å². The van der Waals surface area contributed by atoms with E-state index in [4.69, 9.17) is 32.5 Å². The van der Waals surface area contributed by atoms with Gasteiger partial charge in [-0.1, -0.05) is 78.6 Å². The average molecular weight is 570 g/mol. The molecule has 200 valence electrons. The molecule has 0 saturated heterocycles. The highest BCUT2D eigenvalue weighted by molar-refractivity contribution is 7.92. The number of nitrogens with zero attached hydrogens (tertiary/aromatic N) is 2. The fraction of sp³-hybridized carbons (Fsp3) is 0.360. The van der Waals surface area contributed by atoms with Gasteiger partial charge in [0.25, 0.3) is 0 Å². The van der Waals surface area contributed by atoms with Crippen LogP contribution in [0.5, 0.6) is 0 Å². The van der Waals surface area contributed by atoms with Crippen molar-refractivity contribution in [1.82, 2.24) is 15.4 Å². The van der Waals surface area contributed by atoms with Crippen molar-refractivity contribution in [2.24, 2.45) is 0 Å². The van der Waals surface area contributed by atoms with Gasteiger partial charge < -0.3 is 19.5 Å². The predicted octanol–water partition coefficient (Wildman–Crippen LogP) is 5.55. The van der Waals surface area contributed by atoms with Gasteiger partial charge in [0.2, 0.25) is 10.0 Å². The third-order valence-electron chi connectivity index (χ3n) is 5.61. The van der Waals surface area contributed by atoms with Crippen LogP contribution < -0.4 is 10.0 Å². The maximum Gasteiger partial charge on any atom is 0.407 e. The van der Waals surface area contributed by atoms with E-state index < -0.39 is 16.1 Å². The fourth-order valence-electron chi connectivity index (χ4n) is 3.60. The summed E-state index contributed by atoms with van der Waals surface area (Å²) in [7, 11) is -3.79. The highest BCUT2D eigenvalue weighted by Gasteiger charge is 2.26. The lowest BCUT2D eigenvalue weighted by Crippen LogP contribution is -2.27. The van der Waals surface area contributed by atoms with E-state index in [1.807, 2.05) is 44.2 Å². The van der Waals surface area contributed by atoms with E-state index in [0.29, 0.717) is 18.5 Å². The Morgan fingerprint density at radius 1 is 1.05 bits per heavy atom. The molecule has 0 radical (unpaired) electrons. The maximum atomic E-state index is 13.0. The molecule has 0 spiro atoms. The molecule has 0 unspecified atom stereocenters. The minimum atomic E-state index is -3.79. The SMILES string of the molecule is CCN(CC)CCCS(=O)(=O)Nc1c(-c2c(Cl)cccc2Cl)noc1CNC(=O)OCc1ccccc1. The molecule has 0 aliphatic rings. The summed E-state index contributed by atoms with van der Waals surface area (Å²) in [5, 5.41) is 7.12. The molecule has 0 atom stereocenters. The van der Waals surface area contributed by atoms with Crippen LogP contribution in [-0.4, -0.2) is 50.0 Å². The molecule has 1 aromatic heterocycles. The summed E-state index contributed by atoms with van der Waals surface area (Å²) in [6, 6.07) is 14.1. The number of carbonyl (C=O) groups excluding carboxylic acids is 1. The van der Waals surface area contributed by atoms with Crippen LogP contribution in [-0.2, 0) is 27.9 Å². The minimum Gasteiger partial charge on any atom is -0.445 e. The van der Waals surface area contributed by atoms with E-state index in [0.717, 1.165) is 18.7 Å². The summed E-state index contributed by atoms with van der Waals surface area (Å²) < 4.78 is 39.2. The third kappa shape index (κ3) is 8.36. The van der Waals surface area contributed by atoms with Crippen LogP contribution in [0, 0.1) is 0 Å². The number of ether oxygens (including phenoxy) is 1. The van der Waals surface area contributed by atoms with Gasteiger partial charge in [0.05, 0.1) is 22.3 Å². The van der Waals surface area contributed by atoms with Crippen molar-refractivity contribution < 1.29 is 22.5 Å². The van der Waals surface area contributed by atoms with Gasteiger partial charge in [0.15, 0.2) is 5.76 Å². The van der Waals surface area contributed by atoms with Crippen molar-refractivity contribution in [2.75, 3.05) is 30.1 Å². The Labute approximate surface area is 227 Å². The number of aromatic nitrogens is 1. The van der Waals surface area contributed by atoms with E-state index in [2.05, 4.69) is 20.1 Å². The fourth-order valence-corrected chi connectivity index (χ4v) is 5.30. The second-order valence-electron chi connectivity index (χ2n) is 8.14. The smallest absolute Gasteiger partial charge is 0.407 e. The molecule has 37 heavy (non-hydrogen) atoms. The van der Waals surface area contributed by atoms with Gasteiger partial charge in [-0.05, 0) is 43.8 Å². The van der Waals surface area contributed by atoms with Crippen LogP contribution in [0.25, 0.3) is 11.3 Å². The summed E-state index contributed by atoms with van der Waals surface area (Å²) in [5.74, 6) is -0.0361. The number of alkyl carbamates (subject to hydrolysis) is 1. The lowest BCUT2D eigenvalue weighted by molar-refractivity contribution is 0.138. The number of rotatable bonds is 13. The van der Waals surface area contributed by atoms with Gasteiger partial charge in [-0.3, -0.25) is 4.72 Å². The first-order chi connectivity index (χ1) is 17.7. The van der Waals surface area contributed by atoms with Crippen molar-refractivity contribution in [1.29, 1.82) is 0 Å². The average Bonchev–Trinajstić information content (AvgIpc) is 3.25. The number of anilines is 1. The van der Waals surface area contributed by atoms with Crippen LogP contribution >= 0.6 is 23.2 Å². The summed E-state index contributed by atoms with van der Waals surface area (Å²) >= 11 is 12.7. The first-order valence-electron chi connectivity index (χ1n) is 11.8. The summed E-state index contributed by atoms with van der Waals surface area (Å²) in [6.07, 6.45) is -0.269. The largest absolute Gasteiger partial charge is 0.445 e. The molecule has 0 bridgehead atoms. The normalized spacial score (nSPS) is 11.5. The molecule has 9 nitrogen and oxygen atoms in total. The monoisotopic (exact) mass is 568 g/mol. The van der Waals surface area contributed by atoms with Crippen LogP contribution in [0.2, 0.25) is 10.0 Å². The number of nitrogens with one attached hydrogen (secondary N) is 2. The molecule has 1 heterocycles. The highest BCUT2D eigenvalue weighted by Crippen LogP contribution is 2.39. The first-order valence-corrected chi connectivity index (χ1v) is 14.2. The van der Waals surface area contributed by atoms with E-state index in [1.165, 1.54) is 0 Å². The predicted molar refractivity (Wildman–Crippen MR) is 145 cm³/mol. The van der Waals surface area contributed by atoms with Gasteiger partial charge in [-0.15, -0.1) is 0 Å². The molecule has 0 aliphatic carbocycles. The number of hydrogen-bond donors (Lipinski definition) is 2. The molecule has 2 aromatic carbocycles. The Kier molecular flexibility index (Phi) is 10.6. The second-order valence-corrected chi connectivity index (χ2v) is 10.8. The number of carbonyl (C=O) groups is 1. The zero-order chi connectivity index (χ0) is 26.8. The van der Waals surface area contributed by atoms with E-state index in [-0.39, 0.29) is 46.1 Å². The van der Waals surface area contributed by atoms with E-state index in [9.17, 15) is 13.2 Å². The second kappa shape index (κ2) is 13.7. The van der Waals surface area contributed by atoms with Crippen LogP contribution in [0.1, 0.15) is 31.6 Å². The van der Waals surface area contributed by atoms with E-state index >= 15 is 0 Å². The van der Waals surface area contributed by atoms with Gasteiger partial charge in [0, 0.05) is 5.56 Å². The van der Waals surface area contributed by atoms with Gasteiger partial charge >= 0.3 is 6.09 Å². The van der Waals surface area contributed by atoms with Crippen molar-refractivity contribution >= 4 is 45.0 Å². The van der Waals surface area contributed by atoms with Gasteiger partial charge in [-0.25, -0.2) is 13.2 Å². The molecule has 1 amide bonds. The van der Waals surface area contributed by atoms with Crippen LogP contribution in [0.15, 0.2) is 53.1 Å². The van der Waals surface area contributed by atoms with Crippen LogP contribution in [0.3, 0.4) is 0 Å². The molecule has 0 saturated carbocycles. The first kappa shape index (κ1) is 28.8. The Hall–Kier alpha value is -2.79. The molecular formula is C25H30Cl2N4O5S. The Bertz CT molecular complexity index is 1260. The Balaban J connectivity index is 1.78. The molecule has 3 rings (SSSR count). The van der Waals surface area contributed by atoms with Crippen molar-refractivity contribution in [3.8, 4) is 11.3 Å². The lowest BCUT2D eigenvalue weighted by Gasteiger charge is -2.17. The maximum absolute atomic E-state index is 13.0. The number of sulfonamides is 1. The lowest BCUT2D eigenvalue weighted by atomic mass is 10.1. The van der Waals surface area contributed by atoms with Gasteiger partial charge in [-0.2, -0.15) is 0 Å². The van der Waals surface area contributed by atoms with Gasteiger partial charge in [0.1, 0.15) is 18.0 Å². The third-order valence-corrected chi connectivity index (χ3v) is 7.58. The van der Waals surface area contributed by atoms with Crippen LogP contribution in [0.4, 0.5) is 10.5 Å². The number of amides is 1. The summed E-state index contributed by atoms with van der Waals surface area (Å²) in [5.41, 5.74) is 1.32. The number of halogens is 2. The quantitative estimate of drug-likeness (QED) is 0.278. The Morgan fingerprint density at radius 2 is 1.73 bits per heavy atom.